The van der Waals surface area contributed by atoms with Crippen LogP contribution < -0.4 is 5.32 Å². The van der Waals surface area contributed by atoms with E-state index in [2.05, 4.69) is 21.2 Å². The highest BCUT2D eigenvalue weighted by Gasteiger charge is 2.21. The van der Waals surface area contributed by atoms with Crippen LogP contribution in [0.3, 0.4) is 0 Å². The van der Waals surface area contributed by atoms with E-state index in [0.717, 1.165) is 28.2 Å². The molecule has 23 heavy (non-hydrogen) atoms. The SMILES string of the molecule is O=C(Nc1cccc(COCC2CC2)c1)c1ccc(Br)cc1Cl. The number of halogens is 2. The van der Waals surface area contributed by atoms with E-state index in [1.54, 1.807) is 18.2 Å². The Kier molecular flexibility index (Phi) is 5.36. The maximum absolute atomic E-state index is 12.3. The number of hydrogen-bond acceptors (Lipinski definition) is 2. The van der Waals surface area contributed by atoms with Crippen molar-refractivity contribution in [1.82, 2.24) is 0 Å². The molecule has 0 saturated heterocycles. The largest absolute Gasteiger partial charge is 0.376 e. The van der Waals surface area contributed by atoms with Gasteiger partial charge in [0, 0.05) is 16.8 Å². The van der Waals surface area contributed by atoms with Crippen molar-refractivity contribution in [3.05, 3.63) is 63.1 Å². The van der Waals surface area contributed by atoms with E-state index in [9.17, 15) is 4.79 Å². The number of carbonyl (C=O) groups is 1. The highest BCUT2D eigenvalue weighted by atomic mass is 79.9. The molecule has 2 aromatic rings. The van der Waals surface area contributed by atoms with Crippen LogP contribution in [0.15, 0.2) is 46.9 Å². The number of benzene rings is 2. The number of amides is 1. The Morgan fingerprint density at radius 2 is 2.09 bits per heavy atom. The van der Waals surface area contributed by atoms with Gasteiger partial charge < -0.3 is 10.1 Å². The molecule has 1 aliphatic rings. The Bertz CT molecular complexity index is 716. The molecular weight excluding hydrogens is 378 g/mol. The van der Waals surface area contributed by atoms with Gasteiger partial charge in [-0.25, -0.2) is 0 Å². The summed E-state index contributed by atoms with van der Waals surface area (Å²) in [4.78, 5) is 12.3. The zero-order valence-corrected chi connectivity index (χ0v) is 14.9. The molecule has 5 heteroatoms. The van der Waals surface area contributed by atoms with Crippen molar-refractivity contribution in [1.29, 1.82) is 0 Å². The van der Waals surface area contributed by atoms with E-state index >= 15 is 0 Å². The van der Waals surface area contributed by atoms with Crippen LogP contribution in [-0.2, 0) is 11.3 Å². The van der Waals surface area contributed by atoms with Crippen molar-refractivity contribution < 1.29 is 9.53 Å². The molecule has 120 valence electrons. The highest BCUT2D eigenvalue weighted by molar-refractivity contribution is 9.10. The van der Waals surface area contributed by atoms with E-state index in [1.165, 1.54) is 12.8 Å². The van der Waals surface area contributed by atoms with Crippen molar-refractivity contribution >= 4 is 39.1 Å². The van der Waals surface area contributed by atoms with Crippen LogP contribution in [0.1, 0.15) is 28.8 Å². The van der Waals surface area contributed by atoms with Crippen LogP contribution in [-0.4, -0.2) is 12.5 Å². The zero-order chi connectivity index (χ0) is 16.2. The Balaban J connectivity index is 1.63. The third-order valence-electron chi connectivity index (χ3n) is 3.68. The van der Waals surface area contributed by atoms with Crippen molar-refractivity contribution in [3.8, 4) is 0 Å². The quantitative estimate of drug-likeness (QED) is 0.723. The zero-order valence-electron chi connectivity index (χ0n) is 12.5. The van der Waals surface area contributed by atoms with Crippen molar-refractivity contribution in [2.75, 3.05) is 11.9 Å². The lowest BCUT2D eigenvalue weighted by Gasteiger charge is -2.09. The molecule has 0 unspecified atom stereocenters. The lowest BCUT2D eigenvalue weighted by molar-refractivity contribution is 0.102. The summed E-state index contributed by atoms with van der Waals surface area (Å²) in [7, 11) is 0. The lowest BCUT2D eigenvalue weighted by Crippen LogP contribution is -2.12. The molecule has 0 atom stereocenters. The highest BCUT2D eigenvalue weighted by Crippen LogP contribution is 2.29. The van der Waals surface area contributed by atoms with Gasteiger partial charge in [0.05, 0.1) is 17.2 Å². The van der Waals surface area contributed by atoms with E-state index in [1.807, 2.05) is 24.3 Å². The first kappa shape index (κ1) is 16.5. The minimum atomic E-state index is -0.224. The standard InChI is InChI=1S/C18H17BrClNO2/c19-14-6-7-16(17(20)9-14)18(22)21-15-3-1-2-13(8-15)11-23-10-12-4-5-12/h1-3,6-9,12H,4-5,10-11H2,(H,21,22). The van der Waals surface area contributed by atoms with Gasteiger partial charge in [-0.15, -0.1) is 0 Å². The second kappa shape index (κ2) is 7.47. The minimum Gasteiger partial charge on any atom is -0.376 e. The maximum atomic E-state index is 12.3. The van der Waals surface area contributed by atoms with Gasteiger partial charge in [-0.2, -0.15) is 0 Å². The fourth-order valence-electron chi connectivity index (χ4n) is 2.24. The Morgan fingerprint density at radius 1 is 1.26 bits per heavy atom. The van der Waals surface area contributed by atoms with Gasteiger partial charge >= 0.3 is 0 Å². The summed E-state index contributed by atoms with van der Waals surface area (Å²) in [6.45, 7) is 1.39. The van der Waals surface area contributed by atoms with Gasteiger partial charge in [0.25, 0.3) is 5.91 Å². The predicted molar refractivity (Wildman–Crippen MR) is 95.9 cm³/mol. The first-order valence-electron chi connectivity index (χ1n) is 7.55. The molecule has 1 saturated carbocycles. The number of hydrogen-bond donors (Lipinski definition) is 1. The average molecular weight is 395 g/mol. The van der Waals surface area contributed by atoms with E-state index < -0.39 is 0 Å². The van der Waals surface area contributed by atoms with Crippen molar-refractivity contribution in [2.24, 2.45) is 5.92 Å². The Hall–Kier alpha value is -1.36. The minimum absolute atomic E-state index is 0.224. The summed E-state index contributed by atoms with van der Waals surface area (Å²) in [5, 5.41) is 3.29. The summed E-state index contributed by atoms with van der Waals surface area (Å²) in [5.41, 5.74) is 2.23. The van der Waals surface area contributed by atoms with E-state index in [4.69, 9.17) is 16.3 Å². The van der Waals surface area contributed by atoms with Crippen molar-refractivity contribution in [3.63, 3.8) is 0 Å². The molecule has 1 aliphatic carbocycles. The van der Waals surface area contributed by atoms with E-state index in [-0.39, 0.29) is 5.91 Å². The maximum Gasteiger partial charge on any atom is 0.257 e. The van der Waals surface area contributed by atoms with Crippen LogP contribution in [0.2, 0.25) is 5.02 Å². The van der Waals surface area contributed by atoms with Gasteiger partial charge in [-0.1, -0.05) is 39.7 Å². The van der Waals surface area contributed by atoms with Gasteiger partial charge in [-0.05, 0) is 54.7 Å². The number of anilines is 1. The third-order valence-corrected chi connectivity index (χ3v) is 4.49. The molecule has 2 aromatic carbocycles. The molecule has 1 amide bonds. The fourth-order valence-corrected chi connectivity index (χ4v) is 3.00. The summed E-state index contributed by atoms with van der Waals surface area (Å²) in [6, 6.07) is 12.9. The molecule has 0 aromatic heterocycles. The molecule has 0 heterocycles. The first-order valence-corrected chi connectivity index (χ1v) is 8.72. The van der Waals surface area contributed by atoms with Crippen molar-refractivity contribution in [2.45, 2.75) is 19.4 Å². The van der Waals surface area contributed by atoms with E-state index in [0.29, 0.717) is 17.2 Å². The molecule has 0 spiro atoms. The molecule has 1 fully saturated rings. The molecule has 1 N–H and O–H groups in total. The lowest BCUT2D eigenvalue weighted by atomic mass is 10.2. The normalized spacial score (nSPS) is 13.8. The number of carbonyl (C=O) groups excluding carboxylic acids is 1. The number of ether oxygens (including phenoxy) is 1. The number of nitrogens with one attached hydrogen (secondary N) is 1. The molecule has 3 nitrogen and oxygen atoms in total. The fraction of sp³-hybridized carbons (Fsp3) is 0.278. The van der Waals surface area contributed by atoms with Crippen LogP contribution in [0.25, 0.3) is 0 Å². The predicted octanol–water partition coefficient (Wildman–Crippen LogP) is 5.28. The second-order valence-corrected chi connectivity index (χ2v) is 7.06. The third kappa shape index (κ3) is 4.80. The van der Waals surface area contributed by atoms with Gasteiger partial charge in [0.2, 0.25) is 0 Å². The van der Waals surface area contributed by atoms with Crippen LogP contribution >= 0.6 is 27.5 Å². The first-order chi connectivity index (χ1) is 11.1. The molecule has 0 bridgehead atoms. The monoisotopic (exact) mass is 393 g/mol. The summed E-state index contributed by atoms with van der Waals surface area (Å²) in [5.74, 6) is 0.524. The Labute approximate surface area is 149 Å². The second-order valence-electron chi connectivity index (χ2n) is 5.74. The Morgan fingerprint density at radius 3 is 2.83 bits per heavy atom. The molecular formula is C18H17BrClNO2. The molecule has 0 radical (unpaired) electrons. The summed E-state index contributed by atoms with van der Waals surface area (Å²) < 4.78 is 6.52. The van der Waals surface area contributed by atoms with Crippen LogP contribution in [0.4, 0.5) is 5.69 Å². The van der Waals surface area contributed by atoms with Gasteiger partial charge in [-0.3, -0.25) is 4.79 Å². The van der Waals surface area contributed by atoms with Crippen LogP contribution in [0, 0.1) is 5.92 Å². The van der Waals surface area contributed by atoms with Crippen LogP contribution in [0.5, 0.6) is 0 Å². The number of rotatable bonds is 6. The summed E-state index contributed by atoms with van der Waals surface area (Å²) >= 11 is 9.45. The average Bonchev–Trinajstić information content (AvgIpc) is 3.31. The smallest absolute Gasteiger partial charge is 0.257 e. The van der Waals surface area contributed by atoms with Gasteiger partial charge in [0.15, 0.2) is 0 Å². The molecule has 0 aliphatic heterocycles. The molecule has 3 rings (SSSR count). The topological polar surface area (TPSA) is 38.3 Å². The van der Waals surface area contributed by atoms with Gasteiger partial charge in [0.1, 0.15) is 0 Å². The summed E-state index contributed by atoms with van der Waals surface area (Å²) in [6.07, 6.45) is 2.56.